The summed E-state index contributed by atoms with van der Waals surface area (Å²) in [7, 11) is 0. The minimum absolute atomic E-state index is 0.405. The van der Waals surface area contributed by atoms with Crippen LogP contribution in [0.2, 0.25) is 0 Å². The quantitative estimate of drug-likeness (QED) is 0.0937. The van der Waals surface area contributed by atoms with Gasteiger partial charge in [0, 0.05) is 39.1 Å². The fourth-order valence-corrected chi connectivity index (χ4v) is 6.97. The van der Waals surface area contributed by atoms with Crippen LogP contribution in [0.4, 0.5) is 11.4 Å². The average Bonchev–Trinajstić information content (AvgIpc) is 3.61. The molecule has 0 radical (unpaired) electrons. The lowest BCUT2D eigenvalue weighted by Crippen LogP contribution is -2.01. The molecule has 0 saturated carbocycles. The van der Waals surface area contributed by atoms with E-state index < -0.39 is 6.04 Å². The van der Waals surface area contributed by atoms with Gasteiger partial charge < -0.3 is 11.5 Å². The van der Waals surface area contributed by atoms with Gasteiger partial charge in [0.1, 0.15) is 17.1 Å². The predicted octanol–water partition coefficient (Wildman–Crippen LogP) is 8.91. The standard InChI is InChI=1S/C40H28N8O/c41-30-13-10-24(20-31(30)42)39-26-5-1-3-7-32(26)43-34-14-9-22(17-28(34)39)18-37(47-49)23-11-15-35-29(19-23)40(27-6-2-4-8-33(27)44-35)25-12-16-36-38(21-25)46-48-45-36/h1-17,19-21,37H,18,41-42H2,(H,45,46,48). The molecule has 0 aliphatic heterocycles. The molecule has 0 aliphatic rings. The number of nitrogen functional groups attached to an aromatic ring is 2. The molecule has 6 aromatic carbocycles. The highest BCUT2D eigenvalue weighted by Gasteiger charge is 2.19. The molecule has 0 spiro atoms. The second-order valence-corrected chi connectivity index (χ2v) is 12.3. The number of nitrogens with two attached hydrogens (primary N) is 2. The highest BCUT2D eigenvalue weighted by molar-refractivity contribution is 6.11. The van der Waals surface area contributed by atoms with E-state index in [1.165, 1.54) is 0 Å². The number of anilines is 2. The Morgan fingerprint density at radius 1 is 0.551 bits per heavy atom. The molecule has 5 N–H and O–H groups in total. The summed E-state index contributed by atoms with van der Waals surface area (Å²) in [6.07, 6.45) is 0.405. The number of nitrogens with zero attached hydrogens (tertiary/aromatic N) is 5. The first kappa shape index (κ1) is 28.5. The molecule has 9 rings (SSSR count). The molecule has 0 fully saturated rings. The average molecular weight is 637 g/mol. The van der Waals surface area contributed by atoms with Crippen LogP contribution < -0.4 is 11.5 Å². The van der Waals surface area contributed by atoms with Gasteiger partial charge in [0.2, 0.25) is 0 Å². The molecule has 0 aliphatic carbocycles. The lowest BCUT2D eigenvalue weighted by molar-refractivity contribution is 0.719. The summed E-state index contributed by atoms with van der Waals surface area (Å²) >= 11 is 0. The van der Waals surface area contributed by atoms with Gasteiger partial charge in [-0.1, -0.05) is 65.8 Å². The molecule has 0 bridgehead atoms. The van der Waals surface area contributed by atoms with Crippen molar-refractivity contribution in [3.8, 4) is 22.3 Å². The number of nitroso groups, excluding NO2 is 1. The number of rotatable bonds is 6. The maximum Gasteiger partial charge on any atom is 0.121 e. The number of para-hydroxylation sites is 2. The van der Waals surface area contributed by atoms with Crippen LogP contribution in [0.5, 0.6) is 0 Å². The van der Waals surface area contributed by atoms with Gasteiger partial charge in [-0.05, 0) is 82.9 Å². The molecule has 234 valence electrons. The fraction of sp³-hybridized carbons (Fsp3) is 0.0500. The smallest absolute Gasteiger partial charge is 0.121 e. The Balaban J connectivity index is 1.18. The van der Waals surface area contributed by atoms with Gasteiger partial charge in [0.15, 0.2) is 0 Å². The van der Waals surface area contributed by atoms with E-state index in [0.717, 1.165) is 88.0 Å². The maximum atomic E-state index is 12.6. The van der Waals surface area contributed by atoms with Crippen LogP contribution in [0.15, 0.2) is 127 Å². The molecule has 9 aromatic rings. The van der Waals surface area contributed by atoms with Crippen LogP contribution in [0, 0.1) is 4.91 Å². The number of aromatic amines is 1. The van der Waals surface area contributed by atoms with Gasteiger partial charge in [0.25, 0.3) is 0 Å². The molecular formula is C40H28N8O. The minimum Gasteiger partial charge on any atom is -0.397 e. The van der Waals surface area contributed by atoms with Crippen molar-refractivity contribution < 1.29 is 0 Å². The zero-order valence-electron chi connectivity index (χ0n) is 26.1. The molecule has 0 saturated heterocycles. The molecule has 1 atom stereocenters. The Labute approximate surface area is 279 Å². The number of aromatic nitrogens is 5. The summed E-state index contributed by atoms with van der Waals surface area (Å²) in [6.45, 7) is 0. The van der Waals surface area contributed by atoms with E-state index in [9.17, 15) is 4.91 Å². The summed E-state index contributed by atoms with van der Waals surface area (Å²) < 4.78 is 0. The van der Waals surface area contributed by atoms with E-state index in [2.05, 4.69) is 44.9 Å². The van der Waals surface area contributed by atoms with E-state index >= 15 is 0 Å². The number of hydrogen-bond donors (Lipinski definition) is 3. The van der Waals surface area contributed by atoms with E-state index in [4.69, 9.17) is 21.4 Å². The van der Waals surface area contributed by atoms with Crippen LogP contribution in [-0.4, -0.2) is 25.4 Å². The van der Waals surface area contributed by atoms with Crippen molar-refractivity contribution in [3.63, 3.8) is 0 Å². The lowest BCUT2D eigenvalue weighted by atomic mass is 9.91. The summed E-state index contributed by atoms with van der Waals surface area (Å²) in [5, 5.41) is 18.8. The number of pyridine rings is 2. The summed E-state index contributed by atoms with van der Waals surface area (Å²) in [5.74, 6) is 0. The molecule has 9 nitrogen and oxygen atoms in total. The van der Waals surface area contributed by atoms with E-state index in [0.29, 0.717) is 17.8 Å². The van der Waals surface area contributed by atoms with E-state index in [1.807, 2.05) is 97.1 Å². The molecular weight excluding hydrogens is 608 g/mol. The van der Waals surface area contributed by atoms with E-state index in [-0.39, 0.29) is 0 Å². The van der Waals surface area contributed by atoms with Crippen LogP contribution in [-0.2, 0) is 6.42 Å². The lowest BCUT2D eigenvalue weighted by Gasteiger charge is -2.16. The zero-order chi connectivity index (χ0) is 33.1. The number of hydrogen-bond acceptors (Lipinski definition) is 8. The van der Waals surface area contributed by atoms with Gasteiger partial charge in [-0.3, -0.25) is 0 Å². The van der Waals surface area contributed by atoms with Crippen molar-refractivity contribution in [2.45, 2.75) is 12.5 Å². The highest BCUT2D eigenvalue weighted by Crippen LogP contribution is 2.40. The first-order chi connectivity index (χ1) is 24.0. The second-order valence-electron chi connectivity index (χ2n) is 12.3. The predicted molar refractivity (Wildman–Crippen MR) is 198 cm³/mol. The molecule has 3 heterocycles. The van der Waals surface area contributed by atoms with Crippen molar-refractivity contribution in [1.29, 1.82) is 0 Å². The number of H-pyrrole nitrogens is 1. The SMILES string of the molecule is Nc1ccc(-c2c3ccccc3nc3ccc(CC(N=O)c4ccc5nc6ccccc6c(-c6ccc7n[nH]nc7c6)c5c4)cc23)cc1N. The Morgan fingerprint density at radius 2 is 1.14 bits per heavy atom. The third kappa shape index (κ3) is 4.79. The topological polar surface area (TPSA) is 149 Å². The van der Waals surface area contributed by atoms with Crippen LogP contribution >= 0.6 is 0 Å². The van der Waals surface area contributed by atoms with Gasteiger partial charge in [-0.2, -0.15) is 20.3 Å². The van der Waals surface area contributed by atoms with Gasteiger partial charge in [0.05, 0.1) is 33.4 Å². The first-order valence-electron chi connectivity index (χ1n) is 16.0. The molecule has 1 unspecified atom stereocenters. The van der Waals surface area contributed by atoms with Crippen LogP contribution in [0.25, 0.3) is 76.9 Å². The summed E-state index contributed by atoms with van der Waals surface area (Å²) in [6, 6.07) is 39.4. The second kappa shape index (κ2) is 11.2. The Hall–Kier alpha value is -6.74. The highest BCUT2D eigenvalue weighted by atomic mass is 16.3. The molecule has 9 heteroatoms. The molecule has 49 heavy (non-hydrogen) atoms. The third-order valence-electron chi connectivity index (χ3n) is 9.37. The van der Waals surface area contributed by atoms with Crippen LogP contribution in [0.1, 0.15) is 17.2 Å². The Bertz CT molecular complexity index is 2770. The van der Waals surface area contributed by atoms with Gasteiger partial charge >= 0.3 is 0 Å². The van der Waals surface area contributed by atoms with Crippen molar-refractivity contribution in [3.05, 3.63) is 137 Å². The van der Waals surface area contributed by atoms with Crippen molar-refractivity contribution >= 4 is 66.0 Å². The molecule has 0 amide bonds. The summed E-state index contributed by atoms with van der Waals surface area (Å²) in [5.41, 5.74) is 24.2. The molecule has 3 aromatic heterocycles. The van der Waals surface area contributed by atoms with Crippen LogP contribution in [0.3, 0.4) is 0 Å². The number of nitrogens with one attached hydrogen (secondary N) is 1. The third-order valence-corrected chi connectivity index (χ3v) is 9.37. The largest absolute Gasteiger partial charge is 0.397 e. The maximum absolute atomic E-state index is 12.6. The zero-order valence-corrected chi connectivity index (χ0v) is 26.1. The number of benzene rings is 6. The normalized spacial score (nSPS) is 12.3. The monoisotopic (exact) mass is 636 g/mol. The fourth-order valence-electron chi connectivity index (χ4n) is 6.97. The van der Waals surface area contributed by atoms with Crippen molar-refractivity contribution in [1.82, 2.24) is 25.4 Å². The van der Waals surface area contributed by atoms with Gasteiger partial charge in [-0.15, -0.1) is 0 Å². The summed E-state index contributed by atoms with van der Waals surface area (Å²) in [4.78, 5) is 22.5. The Morgan fingerprint density at radius 3 is 1.86 bits per heavy atom. The number of fused-ring (bicyclic) bond motifs is 5. The van der Waals surface area contributed by atoms with Gasteiger partial charge in [-0.25, -0.2) is 9.97 Å². The van der Waals surface area contributed by atoms with E-state index in [1.54, 1.807) is 0 Å². The van der Waals surface area contributed by atoms with Crippen molar-refractivity contribution in [2.24, 2.45) is 5.18 Å². The minimum atomic E-state index is -0.636. The Kier molecular flexibility index (Phi) is 6.51. The van der Waals surface area contributed by atoms with Crippen molar-refractivity contribution in [2.75, 3.05) is 11.5 Å². The first-order valence-corrected chi connectivity index (χ1v) is 16.0.